The zero-order valence-corrected chi connectivity index (χ0v) is 30.4. The van der Waals surface area contributed by atoms with Gasteiger partial charge >= 0.3 is 6.09 Å². The molecule has 0 radical (unpaired) electrons. The fraction of sp³-hybridized carbons (Fsp3) is 0.615. The first-order valence-corrected chi connectivity index (χ1v) is 17.1. The predicted molar refractivity (Wildman–Crippen MR) is 192 cm³/mol. The van der Waals surface area contributed by atoms with E-state index < -0.39 is 5.60 Å². The van der Waals surface area contributed by atoms with E-state index >= 15 is 0 Å². The van der Waals surface area contributed by atoms with Crippen LogP contribution in [0, 0.1) is 17.2 Å². The number of nitriles is 1. The molecule has 0 aromatic heterocycles. The van der Waals surface area contributed by atoms with Crippen molar-refractivity contribution in [3.63, 3.8) is 0 Å². The van der Waals surface area contributed by atoms with Crippen molar-refractivity contribution in [3.05, 3.63) is 70.6 Å². The summed E-state index contributed by atoms with van der Waals surface area (Å²) in [6, 6.07) is 2.28. The molecular weight excluding hydrogens is 556 g/mol. The first-order valence-electron chi connectivity index (χ1n) is 17.1. The quantitative estimate of drug-likeness (QED) is 0.131. The molecule has 6 heteroatoms. The molecule has 6 nitrogen and oxygen atoms in total. The molecule has 250 valence electrons. The Bertz CT molecular complexity index is 1200. The molecule has 1 atom stereocenters. The molecule has 1 aliphatic heterocycles. The van der Waals surface area contributed by atoms with Crippen LogP contribution in [0.1, 0.15) is 121 Å². The maximum Gasteiger partial charge on any atom is 0.410 e. The van der Waals surface area contributed by atoms with Crippen LogP contribution in [-0.2, 0) is 4.74 Å². The molecule has 1 heterocycles. The van der Waals surface area contributed by atoms with Crippen LogP contribution in [0.2, 0.25) is 0 Å². The summed E-state index contributed by atoms with van der Waals surface area (Å²) in [4.78, 5) is 21.7. The van der Waals surface area contributed by atoms with Crippen LogP contribution in [-0.4, -0.2) is 52.9 Å². The second-order valence-electron chi connectivity index (χ2n) is 13.1. The van der Waals surface area contributed by atoms with Gasteiger partial charge in [0, 0.05) is 48.9 Å². The van der Waals surface area contributed by atoms with Gasteiger partial charge in [-0.25, -0.2) is 4.79 Å². The number of aliphatic imine (C=N–C) groups is 1. The number of carbonyl (C=O) groups is 1. The van der Waals surface area contributed by atoms with Crippen molar-refractivity contribution in [3.8, 4) is 6.07 Å². The Labute approximate surface area is 276 Å². The summed E-state index contributed by atoms with van der Waals surface area (Å²) in [6.45, 7) is 25.0. The lowest BCUT2D eigenvalue weighted by Crippen LogP contribution is -2.54. The van der Waals surface area contributed by atoms with Crippen LogP contribution in [0.3, 0.4) is 0 Å². The van der Waals surface area contributed by atoms with Crippen molar-refractivity contribution < 1.29 is 9.53 Å². The van der Waals surface area contributed by atoms with E-state index in [0.717, 1.165) is 50.1 Å². The van der Waals surface area contributed by atoms with Gasteiger partial charge in [0.05, 0.1) is 11.6 Å². The zero-order chi connectivity index (χ0) is 34.0. The smallest absolute Gasteiger partial charge is 0.410 e. The molecule has 0 N–H and O–H groups in total. The molecule has 1 unspecified atom stereocenters. The molecule has 1 aliphatic carbocycles. The van der Waals surface area contributed by atoms with E-state index in [-0.39, 0.29) is 12.1 Å². The Kier molecular flexibility index (Phi) is 18.2. The minimum absolute atomic E-state index is 0.0924. The number of nitrogens with zero attached hydrogens (tertiary/aromatic N) is 4. The first kappa shape index (κ1) is 39.7. The molecule has 2 aliphatic rings. The highest BCUT2D eigenvalue weighted by atomic mass is 16.6. The van der Waals surface area contributed by atoms with Crippen molar-refractivity contribution in [2.24, 2.45) is 10.9 Å². The number of ether oxygens (including phenoxy) is 1. The molecule has 1 saturated carbocycles. The Morgan fingerprint density at radius 2 is 1.73 bits per heavy atom. The maximum atomic E-state index is 12.6. The Balaban J connectivity index is 0.000000609. The standard InChI is InChI=1S/C26H43N3O2.C13H19N/c1-9-11-15-27-20(4)24(23(10-2)22-13-12-14-22)21(5)28-16-17-29(19(3)18-28)25(30)31-26(6,7)8;1-4-6-7-9-13(11-14)10-12(3)8-5-2/h10-11,15,19,22H,9,12-14,16-18H2,1-8H3;6-7,9-10H,4-5,8H2,1-3H3/b15-11+,23-10-,24-21-,27-20+;7-6+,12-10+,13-9+. The number of amides is 1. The highest BCUT2D eigenvalue weighted by Gasteiger charge is 2.33. The number of hydrogen-bond donors (Lipinski definition) is 0. The molecule has 45 heavy (non-hydrogen) atoms. The van der Waals surface area contributed by atoms with Crippen molar-refractivity contribution in [1.82, 2.24) is 9.80 Å². The van der Waals surface area contributed by atoms with Crippen LogP contribution in [0.25, 0.3) is 0 Å². The van der Waals surface area contributed by atoms with Gasteiger partial charge in [0.2, 0.25) is 0 Å². The molecule has 2 rings (SSSR count). The summed E-state index contributed by atoms with van der Waals surface area (Å²) >= 11 is 0. The van der Waals surface area contributed by atoms with Crippen molar-refractivity contribution in [2.75, 3.05) is 19.6 Å². The van der Waals surface area contributed by atoms with Gasteiger partial charge in [-0.15, -0.1) is 0 Å². The summed E-state index contributed by atoms with van der Waals surface area (Å²) in [5.74, 6) is 0.635. The fourth-order valence-electron chi connectivity index (χ4n) is 5.49. The second kappa shape index (κ2) is 20.7. The molecule has 0 bridgehead atoms. The van der Waals surface area contributed by atoms with Gasteiger partial charge in [-0.3, -0.25) is 4.99 Å². The van der Waals surface area contributed by atoms with Crippen molar-refractivity contribution >= 4 is 11.8 Å². The van der Waals surface area contributed by atoms with Crippen molar-refractivity contribution in [1.29, 1.82) is 5.26 Å². The highest BCUT2D eigenvalue weighted by molar-refractivity contribution is 6.03. The monoisotopic (exact) mass is 618 g/mol. The van der Waals surface area contributed by atoms with Crippen LogP contribution in [0.4, 0.5) is 4.79 Å². The van der Waals surface area contributed by atoms with E-state index in [4.69, 9.17) is 15.0 Å². The average molecular weight is 619 g/mol. The van der Waals surface area contributed by atoms with Gasteiger partial charge in [-0.1, -0.05) is 63.5 Å². The van der Waals surface area contributed by atoms with Crippen LogP contribution >= 0.6 is 0 Å². The van der Waals surface area contributed by atoms with E-state index in [1.807, 2.05) is 56.2 Å². The third-order valence-electron chi connectivity index (χ3n) is 8.03. The normalized spacial score (nSPS) is 19.6. The summed E-state index contributed by atoms with van der Waals surface area (Å²) in [7, 11) is 0. The summed E-state index contributed by atoms with van der Waals surface area (Å²) in [5.41, 5.74) is 6.58. The number of rotatable bonds is 11. The van der Waals surface area contributed by atoms with Gasteiger partial charge in [0.1, 0.15) is 5.60 Å². The Hall–Kier alpha value is -3.33. The van der Waals surface area contributed by atoms with Gasteiger partial charge in [0.15, 0.2) is 0 Å². The van der Waals surface area contributed by atoms with Gasteiger partial charge < -0.3 is 14.5 Å². The van der Waals surface area contributed by atoms with Crippen LogP contribution < -0.4 is 0 Å². The summed E-state index contributed by atoms with van der Waals surface area (Å²) in [5, 5.41) is 8.85. The summed E-state index contributed by atoms with van der Waals surface area (Å²) in [6.07, 6.45) is 21.9. The molecule has 1 amide bonds. The highest BCUT2D eigenvalue weighted by Crippen LogP contribution is 2.39. The van der Waals surface area contributed by atoms with Gasteiger partial charge in [-0.05, 0) is 111 Å². The van der Waals surface area contributed by atoms with Crippen LogP contribution in [0.5, 0.6) is 0 Å². The second-order valence-corrected chi connectivity index (χ2v) is 13.1. The van der Waals surface area contributed by atoms with E-state index in [1.165, 1.54) is 41.7 Å². The van der Waals surface area contributed by atoms with E-state index in [0.29, 0.717) is 12.5 Å². The fourth-order valence-corrected chi connectivity index (χ4v) is 5.49. The van der Waals surface area contributed by atoms with E-state index in [2.05, 4.69) is 78.5 Å². The largest absolute Gasteiger partial charge is 0.444 e. The Morgan fingerprint density at radius 1 is 1.07 bits per heavy atom. The zero-order valence-electron chi connectivity index (χ0n) is 30.4. The van der Waals surface area contributed by atoms with Crippen LogP contribution in [0.15, 0.2) is 75.6 Å². The SMILES string of the molecule is CC/C=C/C=C(C#N)\C=C(/C)CCC.C\C=C(C(/C(C)=N/C=C/CC)=C(/C)N1CCN(C(=O)OC(C)(C)C)C(C)C1)\C1CCC1. The van der Waals surface area contributed by atoms with Crippen molar-refractivity contribution in [2.45, 2.75) is 133 Å². The van der Waals surface area contributed by atoms with Gasteiger partial charge in [-0.2, -0.15) is 5.26 Å². The lowest BCUT2D eigenvalue weighted by atomic mass is 9.75. The van der Waals surface area contributed by atoms with Gasteiger partial charge in [0.25, 0.3) is 0 Å². The molecule has 2 fully saturated rings. The molecule has 0 aromatic rings. The molecule has 1 saturated heterocycles. The molecule has 0 spiro atoms. The third kappa shape index (κ3) is 14.1. The minimum atomic E-state index is -0.472. The number of allylic oxidation sites excluding steroid dienone is 11. The Morgan fingerprint density at radius 3 is 2.22 bits per heavy atom. The minimum Gasteiger partial charge on any atom is -0.444 e. The average Bonchev–Trinajstić information content (AvgIpc) is 2.94. The lowest BCUT2D eigenvalue weighted by Gasteiger charge is -2.42. The summed E-state index contributed by atoms with van der Waals surface area (Å²) < 4.78 is 5.61. The predicted octanol–water partition coefficient (Wildman–Crippen LogP) is 10.5. The van der Waals surface area contributed by atoms with E-state index in [1.54, 1.807) is 0 Å². The first-order chi connectivity index (χ1) is 21.3. The number of piperazine rings is 1. The molecule has 0 aromatic carbocycles. The third-order valence-corrected chi connectivity index (χ3v) is 8.03. The lowest BCUT2D eigenvalue weighted by molar-refractivity contribution is 0.00493. The number of hydrogen-bond acceptors (Lipinski definition) is 5. The maximum absolute atomic E-state index is 12.6. The van der Waals surface area contributed by atoms with E-state index in [9.17, 15) is 4.79 Å². The topological polar surface area (TPSA) is 68.9 Å². The number of carbonyl (C=O) groups excluding carboxylic acids is 1. The molecular formula is C39H62N4O2.